The molecular formula is C10H17N3O2. The molecule has 0 fully saturated rings. The van der Waals surface area contributed by atoms with Crippen LogP contribution in [0.15, 0.2) is 16.4 Å². The van der Waals surface area contributed by atoms with Crippen molar-refractivity contribution in [2.24, 2.45) is 4.99 Å². The van der Waals surface area contributed by atoms with Gasteiger partial charge in [0.1, 0.15) is 6.04 Å². The van der Waals surface area contributed by atoms with E-state index in [0.717, 1.165) is 11.4 Å². The van der Waals surface area contributed by atoms with Crippen molar-refractivity contribution in [1.82, 2.24) is 10.6 Å². The van der Waals surface area contributed by atoms with Crippen LogP contribution in [0.5, 0.6) is 0 Å². The SMILES string of the molecule is CC.O=C(O)C1CC2=C(CN1)N=CCN2. The van der Waals surface area contributed by atoms with E-state index in [1.807, 2.05) is 13.8 Å². The van der Waals surface area contributed by atoms with Crippen LogP contribution in [-0.4, -0.2) is 36.4 Å². The molecule has 2 aliphatic heterocycles. The van der Waals surface area contributed by atoms with Gasteiger partial charge < -0.3 is 10.4 Å². The number of carboxylic acids is 1. The van der Waals surface area contributed by atoms with Crippen LogP contribution in [0.2, 0.25) is 0 Å². The maximum atomic E-state index is 10.7. The van der Waals surface area contributed by atoms with Crippen LogP contribution in [0, 0.1) is 0 Å². The van der Waals surface area contributed by atoms with Gasteiger partial charge in [0, 0.05) is 24.9 Å². The molecule has 0 spiro atoms. The highest BCUT2D eigenvalue weighted by molar-refractivity contribution is 5.74. The van der Waals surface area contributed by atoms with Gasteiger partial charge in [-0.15, -0.1) is 0 Å². The molecular weight excluding hydrogens is 194 g/mol. The molecule has 0 aromatic heterocycles. The second kappa shape index (κ2) is 5.50. The van der Waals surface area contributed by atoms with Crippen LogP contribution in [-0.2, 0) is 4.79 Å². The van der Waals surface area contributed by atoms with Crippen LogP contribution in [0.1, 0.15) is 20.3 Å². The Kier molecular flexibility index (Phi) is 4.30. The summed E-state index contributed by atoms with van der Waals surface area (Å²) in [5, 5.41) is 14.8. The first-order valence-electron chi connectivity index (χ1n) is 5.22. The monoisotopic (exact) mass is 211 g/mol. The molecule has 3 N–H and O–H groups in total. The summed E-state index contributed by atoms with van der Waals surface area (Å²) in [6, 6.07) is -0.473. The van der Waals surface area contributed by atoms with Crippen molar-refractivity contribution >= 4 is 12.2 Å². The molecule has 5 nitrogen and oxygen atoms in total. The lowest BCUT2D eigenvalue weighted by Crippen LogP contribution is -2.44. The molecule has 0 aromatic carbocycles. The Morgan fingerprint density at radius 3 is 3.00 bits per heavy atom. The summed E-state index contributed by atoms with van der Waals surface area (Å²) in [7, 11) is 0. The molecule has 0 aromatic rings. The Bertz CT molecular complexity index is 297. The lowest BCUT2D eigenvalue weighted by atomic mass is 10.1. The van der Waals surface area contributed by atoms with Gasteiger partial charge in [-0.3, -0.25) is 15.1 Å². The zero-order valence-corrected chi connectivity index (χ0v) is 9.08. The first-order chi connectivity index (χ1) is 7.27. The van der Waals surface area contributed by atoms with E-state index in [1.165, 1.54) is 0 Å². The molecule has 1 unspecified atom stereocenters. The molecule has 0 amide bonds. The number of hydrogen-bond acceptors (Lipinski definition) is 4. The highest BCUT2D eigenvalue weighted by atomic mass is 16.4. The molecule has 2 aliphatic rings. The third-order valence-corrected chi connectivity index (χ3v) is 2.22. The Balaban J connectivity index is 0.000000531. The third kappa shape index (κ3) is 2.79. The molecule has 0 bridgehead atoms. The molecule has 5 heteroatoms. The molecule has 0 saturated carbocycles. The van der Waals surface area contributed by atoms with Gasteiger partial charge in [-0.1, -0.05) is 13.8 Å². The van der Waals surface area contributed by atoms with Gasteiger partial charge in [-0.2, -0.15) is 0 Å². The number of carbonyl (C=O) groups is 1. The third-order valence-electron chi connectivity index (χ3n) is 2.22. The van der Waals surface area contributed by atoms with Crippen LogP contribution >= 0.6 is 0 Å². The van der Waals surface area contributed by atoms with E-state index in [1.54, 1.807) is 6.21 Å². The molecule has 2 heterocycles. The second-order valence-corrected chi connectivity index (χ2v) is 3.09. The van der Waals surface area contributed by atoms with Gasteiger partial charge in [-0.25, -0.2) is 0 Å². The summed E-state index contributed by atoms with van der Waals surface area (Å²) >= 11 is 0. The maximum absolute atomic E-state index is 10.7. The highest BCUT2D eigenvalue weighted by Gasteiger charge is 2.25. The Hall–Kier alpha value is -1.36. The average Bonchev–Trinajstić information content (AvgIpc) is 2.31. The fraction of sp³-hybridized carbons (Fsp3) is 0.600. The number of rotatable bonds is 1. The normalized spacial score (nSPS) is 23.5. The molecule has 1 atom stereocenters. The number of carboxylic acid groups (broad SMARTS) is 1. The highest BCUT2D eigenvalue weighted by Crippen LogP contribution is 2.16. The van der Waals surface area contributed by atoms with Gasteiger partial charge in [0.15, 0.2) is 0 Å². The first-order valence-corrected chi connectivity index (χ1v) is 5.22. The number of nitrogens with zero attached hydrogens (tertiary/aromatic N) is 1. The lowest BCUT2D eigenvalue weighted by molar-refractivity contribution is -0.139. The van der Waals surface area contributed by atoms with Crippen molar-refractivity contribution < 1.29 is 9.90 Å². The van der Waals surface area contributed by atoms with Crippen molar-refractivity contribution in [3.8, 4) is 0 Å². The average molecular weight is 211 g/mol. The van der Waals surface area contributed by atoms with E-state index >= 15 is 0 Å². The number of aliphatic imine (C=N–C) groups is 1. The van der Waals surface area contributed by atoms with Gasteiger partial charge in [0.25, 0.3) is 0 Å². The molecule has 84 valence electrons. The van der Waals surface area contributed by atoms with Crippen LogP contribution in [0.25, 0.3) is 0 Å². The fourth-order valence-corrected chi connectivity index (χ4v) is 1.52. The summed E-state index contributed by atoms with van der Waals surface area (Å²) in [4.78, 5) is 14.9. The largest absolute Gasteiger partial charge is 0.480 e. The summed E-state index contributed by atoms with van der Waals surface area (Å²) in [5.74, 6) is -0.803. The fourth-order valence-electron chi connectivity index (χ4n) is 1.52. The molecule has 0 aliphatic carbocycles. The van der Waals surface area contributed by atoms with Crippen molar-refractivity contribution in [3.05, 3.63) is 11.4 Å². The topological polar surface area (TPSA) is 73.7 Å². The van der Waals surface area contributed by atoms with E-state index < -0.39 is 12.0 Å². The van der Waals surface area contributed by atoms with Crippen molar-refractivity contribution in [1.29, 1.82) is 0 Å². The lowest BCUT2D eigenvalue weighted by Gasteiger charge is -2.26. The van der Waals surface area contributed by atoms with E-state index in [9.17, 15) is 4.79 Å². The van der Waals surface area contributed by atoms with Crippen molar-refractivity contribution in [2.75, 3.05) is 13.1 Å². The number of aliphatic carboxylic acids is 1. The minimum atomic E-state index is -0.803. The second-order valence-electron chi connectivity index (χ2n) is 3.09. The van der Waals surface area contributed by atoms with Crippen molar-refractivity contribution in [3.63, 3.8) is 0 Å². The van der Waals surface area contributed by atoms with Crippen molar-refractivity contribution in [2.45, 2.75) is 26.3 Å². The van der Waals surface area contributed by atoms with Gasteiger partial charge in [-0.05, 0) is 0 Å². The minimum absolute atomic E-state index is 0.473. The van der Waals surface area contributed by atoms with Gasteiger partial charge in [0.05, 0.1) is 12.2 Å². The Morgan fingerprint density at radius 2 is 2.33 bits per heavy atom. The molecule has 0 radical (unpaired) electrons. The van der Waals surface area contributed by atoms with E-state index in [4.69, 9.17) is 5.11 Å². The Morgan fingerprint density at radius 1 is 1.60 bits per heavy atom. The zero-order valence-electron chi connectivity index (χ0n) is 9.08. The van der Waals surface area contributed by atoms with E-state index in [0.29, 0.717) is 19.5 Å². The molecule has 2 rings (SSSR count). The van der Waals surface area contributed by atoms with Crippen LogP contribution < -0.4 is 10.6 Å². The summed E-state index contributed by atoms with van der Waals surface area (Å²) < 4.78 is 0. The maximum Gasteiger partial charge on any atom is 0.321 e. The molecule has 0 saturated heterocycles. The standard InChI is InChI=1S/C8H11N3O2.C2H6/c12-8(13)6-3-5-7(4-11-6)10-2-1-9-5;1-2/h2,6,9,11H,1,3-4H2,(H,12,13);1-2H3. The van der Waals surface area contributed by atoms with E-state index in [2.05, 4.69) is 15.6 Å². The number of hydrogen-bond donors (Lipinski definition) is 3. The number of nitrogens with one attached hydrogen (secondary N) is 2. The summed E-state index contributed by atoms with van der Waals surface area (Å²) in [6.07, 6.45) is 2.30. The van der Waals surface area contributed by atoms with Gasteiger partial charge >= 0.3 is 5.97 Å². The summed E-state index contributed by atoms with van der Waals surface area (Å²) in [5.41, 5.74) is 1.90. The Labute approximate surface area is 89.3 Å². The molecule has 15 heavy (non-hydrogen) atoms. The predicted molar refractivity (Wildman–Crippen MR) is 58.9 cm³/mol. The smallest absolute Gasteiger partial charge is 0.321 e. The van der Waals surface area contributed by atoms with E-state index in [-0.39, 0.29) is 0 Å². The quantitative estimate of drug-likeness (QED) is 0.585. The summed E-state index contributed by atoms with van der Waals surface area (Å²) in [6.45, 7) is 5.24. The predicted octanol–water partition coefficient (Wildman–Crippen LogP) is 0.345. The first kappa shape index (κ1) is 11.7. The van der Waals surface area contributed by atoms with Gasteiger partial charge in [0.2, 0.25) is 0 Å². The van der Waals surface area contributed by atoms with Crippen LogP contribution in [0.4, 0.5) is 0 Å². The van der Waals surface area contributed by atoms with Crippen LogP contribution in [0.3, 0.4) is 0 Å². The zero-order chi connectivity index (χ0) is 11.3. The minimum Gasteiger partial charge on any atom is -0.480 e.